The number of hydrogen-bond donors (Lipinski definition) is 1. The van der Waals surface area contributed by atoms with Crippen molar-refractivity contribution in [2.45, 2.75) is 4.90 Å². The van der Waals surface area contributed by atoms with Gasteiger partial charge < -0.3 is 0 Å². The van der Waals surface area contributed by atoms with Crippen molar-refractivity contribution in [2.24, 2.45) is 0 Å². The first-order valence-electron chi connectivity index (χ1n) is 6.29. The molecule has 0 saturated heterocycles. The number of sulfonamides is 1. The van der Waals surface area contributed by atoms with Gasteiger partial charge in [-0.25, -0.2) is 13.4 Å². The van der Waals surface area contributed by atoms with E-state index in [2.05, 4.69) is 30.6 Å². The summed E-state index contributed by atoms with van der Waals surface area (Å²) in [5, 5.41) is 2.16. The van der Waals surface area contributed by atoms with Gasteiger partial charge >= 0.3 is 0 Å². The van der Waals surface area contributed by atoms with Gasteiger partial charge in [0, 0.05) is 27.8 Å². The molecule has 1 aromatic carbocycles. The number of rotatable bonds is 4. The van der Waals surface area contributed by atoms with Crippen molar-refractivity contribution >= 4 is 54.0 Å². The SMILES string of the molecule is O=S(=O)(Nc1nc(-c2cccnc2)cs1)c1ccc(Br)cc1Cl. The smallest absolute Gasteiger partial charge is 0.264 e. The molecule has 0 aliphatic rings. The van der Waals surface area contributed by atoms with E-state index >= 15 is 0 Å². The van der Waals surface area contributed by atoms with E-state index in [0.717, 1.165) is 5.56 Å². The number of benzene rings is 1. The van der Waals surface area contributed by atoms with Crippen molar-refractivity contribution in [3.63, 3.8) is 0 Å². The summed E-state index contributed by atoms with van der Waals surface area (Å²) in [5.74, 6) is 0. The molecule has 0 radical (unpaired) electrons. The number of thiazole rings is 1. The van der Waals surface area contributed by atoms with Crippen LogP contribution < -0.4 is 4.72 Å². The summed E-state index contributed by atoms with van der Waals surface area (Å²) in [5.41, 5.74) is 1.47. The highest BCUT2D eigenvalue weighted by Gasteiger charge is 2.20. The molecule has 0 unspecified atom stereocenters. The van der Waals surface area contributed by atoms with Crippen molar-refractivity contribution in [1.29, 1.82) is 0 Å². The third-order valence-corrected chi connectivity index (χ3v) is 6.07. The highest BCUT2D eigenvalue weighted by molar-refractivity contribution is 9.10. The Morgan fingerprint density at radius 1 is 1.26 bits per heavy atom. The molecule has 0 aliphatic heterocycles. The fourth-order valence-corrected chi connectivity index (χ4v) is 4.84. The molecule has 0 atom stereocenters. The molecule has 0 spiro atoms. The van der Waals surface area contributed by atoms with Crippen LogP contribution in [0.5, 0.6) is 0 Å². The zero-order chi connectivity index (χ0) is 16.4. The number of halogens is 2. The largest absolute Gasteiger partial charge is 0.265 e. The Bertz CT molecular complexity index is 946. The average molecular weight is 431 g/mol. The van der Waals surface area contributed by atoms with Crippen molar-refractivity contribution in [3.05, 3.63) is 57.6 Å². The Morgan fingerprint density at radius 3 is 2.78 bits per heavy atom. The van der Waals surface area contributed by atoms with Gasteiger partial charge in [0.05, 0.1) is 10.7 Å². The molecule has 2 aromatic heterocycles. The Kier molecular flexibility index (Phi) is 4.67. The summed E-state index contributed by atoms with van der Waals surface area (Å²) in [6.07, 6.45) is 3.33. The van der Waals surface area contributed by atoms with Crippen molar-refractivity contribution < 1.29 is 8.42 Å². The van der Waals surface area contributed by atoms with E-state index < -0.39 is 10.0 Å². The Hall–Kier alpha value is -1.48. The van der Waals surface area contributed by atoms with Crippen LogP contribution in [0, 0.1) is 0 Å². The van der Waals surface area contributed by atoms with Crippen molar-refractivity contribution in [1.82, 2.24) is 9.97 Å². The molecule has 3 aromatic rings. The quantitative estimate of drug-likeness (QED) is 0.665. The first-order chi connectivity index (χ1) is 11.0. The van der Waals surface area contributed by atoms with Crippen LogP contribution in [0.4, 0.5) is 5.13 Å². The second-order valence-electron chi connectivity index (χ2n) is 4.46. The summed E-state index contributed by atoms with van der Waals surface area (Å²) < 4.78 is 28.0. The van der Waals surface area contributed by atoms with Gasteiger partial charge in [0.25, 0.3) is 10.0 Å². The maximum Gasteiger partial charge on any atom is 0.265 e. The van der Waals surface area contributed by atoms with Crippen LogP contribution in [-0.2, 0) is 10.0 Å². The number of hydrogen-bond acceptors (Lipinski definition) is 5. The highest BCUT2D eigenvalue weighted by atomic mass is 79.9. The maximum atomic E-state index is 12.4. The Balaban J connectivity index is 1.88. The van der Waals surface area contributed by atoms with Crippen molar-refractivity contribution in [2.75, 3.05) is 4.72 Å². The molecular formula is C14H9BrClN3O2S2. The Morgan fingerprint density at radius 2 is 2.09 bits per heavy atom. The van der Waals surface area contributed by atoms with Crippen LogP contribution in [0.25, 0.3) is 11.3 Å². The van der Waals surface area contributed by atoms with E-state index in [4.69, 9.17) is 11.6 Å². The zero-order valence-corrected chi connectivity index (χ0v) is 15.4. The summed E-state index contributed by atoms with van der Waals surface area (Å²) in [6, 6.07) is 8.22. The zero-order valence-electron chi connectivity index (χ0n) is 11.4. The predicted octanol–water partition coefficient (Wildman–Crippen LogP) is 4.42. The minimum atomic E-state index is -3.80. The lowest BCUT2D eigenvalue weighted by atomic mass is 10.2. The Labute approximate surface area is 150 Å². The van der Waals surface area contributed by atoms with E-state index in [1.54, 1.807) is 29.9 Å². The fraction of sp³-hybridized carbons (Fsp3) is 0. The van der Waals surface area contributed by atoms with E-state index in [1.165, 1.54) is 23.5 Å². The minimum Gasteiger partial charge on any atom is -0.264 e. The van der Waals surface area contributed by atoms with Crippen LogP contribution in [0.1, 0.15) is 0 Å². The lowest BCUT2D eigenvalue weighted by Crippen LogP contribution is -2.13. The molecule has 0 fully saturated rings. The number of nitrogens with one attached hydrogen (secondary N) is 1. The van der Waals surface area contributed by atoms with Crippen LogP contribution in [0.3, 0.4) is 0 Å². The minimum absolute atomic E-state index is 0.000458. The van der Waals surface area contributed by atoms with E-state index in [0.29, 0.717) is 10.2 Å². The first kappa shape index (κ1) is 16.4. The first-order valence-corrected chi connectivity index (χ1v) is 9.83. The second-order valence-corrected chi connectivity index (χ2v) is 8.29. The number of anilines is 1. The molecule has 118 valence electrons. The van der Waals surface area contributed by atoms with Crippen LogP contribution in [-0.4, -0.2) is 18.4 Å². The number of pyridine rings is 1. The molecule has 2 heterocycles. The van der Waals surface area contributed by atoms with E-state index in [9.17, 15) is 8.42 Å². The lowest BCUT2D eigenvalue weighted by Gasteiger charge is -2.07. The van der Waals surface area contributed by atoms with Crippen LogP contribution in [0.2, 0.25) is 5.02 Å². The van der Waals surface area contributed by atoms with Gasteiger partial charge in [0.1, 0.15) is 4.90 Å². The molecule has 3 rings (SSSR count). The monoisotopic (exact) mass is 429 g/mol. The third-order valence-electron chi connectivity index (χ3n) is 2.87. The van der Waals surface area contributed by atoms with Crippen LogP contribution in [0.15, 0.2) is 57.5 Å². The van der Waals surface area contributed by atoms with Gasteiger partial charge in [-0.2, -0.15) is 0 Å². The van der Waals surface area contributed by atoms with Crippen LogP contribution >= 0.6 is 38.9 Å². The second kappa shape index (κ2) is 6.56. The number of nitrogens with zero attached hydrogens (tertiary/aromatic N) is 2. The van der Waals surface area contributed by atoms with Gasteiger partial charge in [-0.15, -0.1) is 11.3 Å². The third kappa shape index (κ3) is 3.72. The lowest BCUT2D eigenvalue weighted by molar-refractivity contribution is 0.601. The summed E-state index contributed by atoms with van der Waals surface area (Å²) >= 11 is 10.4. The molecule has 0 amide bonds. The molecule has 0 aliphatic carbocycles. The average Bonchev–Trinajstić information content (AvgIpc) is 2.95. The van der Waals surface area contributed by atoms with Gasteiger partial charge in [-0.05, 0) is 30.3 Å². The maximum absolute atomic E-state index is 12.4. The van der Waals surface area contributed by atoms with E-state index in [1.807, 2.05) is 6.07 Å². The summed E-state index contributed by atoms with van der Waals surface area (Å²) in [4.78, 5) is 8.29. The number of aromatic nitrogens is 2. The highest BCUT2D eigenvalue weighted by Crippen LogP contribution is 2.29. The molecular weight excluding hydrogens is 422 g/mol. The summed E-state index contributed by atoms with van der Waals surface area (Å²) in [6.45, 7) is 0. The van der Waals surface area contributed by atoms with Gasteiger partial charge in [-0.1, -0.05) is 27.5 Å². The summed E-state index contributed by atoms with van der Waals surface area (Å²) in [7, 11) is -3.80. The van der Waals surface area contributed by atoms with Gasteiger partial charge in [-0.3, -0.25) is 9.71 Å². The van der Waals surface area contributed by atoms with Gasteiger partial charge in [0.15, 0.2) is 5.13 Å². The van der Waals surface area contributed by atoms with Gasteiger partial charge in [0.2, 0.25) is 0 Å². The normalized spacial score (nSPS) is 11.4. The molecule has 5 nitrogen and oxygen atoms in total. The molecule has 0 saturated carbocycles. The van der Waals surface area contributed by atoms with E-state index in [-0.39, 0.29) is 15.0 Å². The predicted molar refractivity (Wildman–Crippen MR) is 95.3 cm³/mol. The van der Waals surface area contributed by atoms with Crippen molar-refractivity contribution in [3.8, 4) is 11.3 Å². The molecule has 23 heavy (non-hydrogen) atoms. The molecule has 0 bridgehead atoms. The molecule has 9 heteroatoms. The molecule has 1 N–H and O–H groups in total. The topological polar surface area (TPSA) is 72.0 Å². The standard InChI is InChI=1S/C14H9BrClN3O2S2/c15-10-3-4-13(11(16)6-10)23(20,21)19-14-18-12(8-22-14)9-2-1-5-17-7-9/h1-8H,(H,18,19). The fourth-order valence-electron chi connectivity index (χ4n) is 1.83.